The molecular formula is C25H43N5O4S. The van der Waals surface area contributed by atoms with Crippen LogP contribution in [0.15, 0.2) is 5.38 Å². The summed E-state index contributed by atoms with van der Waals surface area (Å²) in [4.78, 5) is 31.3. The van der Waals surface area contributed by atoms with Crippen molar-refractivity contribution in [3.8, 4) is 0 Å². The summed E-state index contributed by atoms with van der Waals surface area (Å²) < 4.78 is 10.9. The molecule has 3 N–H and O–H groups in total. The van der Waals surface area contributed by atoms with E-state index in [0.717, 1.165) is 43.1 Å². The van der Waals surface area contributed by atoms with E-state index in [0.29, 0.717) is 25.6 Å². The van der Waals surface area contributed by atoms with Crippen LogP contribution in [0.4, 0.5) is 9.59 Å². The molecule has 3 atom stereocenters. The van der Waals surface area contributed by atoms with Gasteiger partial charge in [-0.15, -0.1) is 11.3 Å². The zero-order valence-corrected chi connectivity index (χ0v) is 22.3. The number of nitrogens with zero attached hydrogens (tertiary/aromatic N) is 2. The minimum Gasteiger partial charge on any atom is -0.453 e. The number of aromatic nitrogens is 1. The SMILES string of the molecule is CNC[C@H](CC1CCCCC1)NC(=O)N1CCC[C@@H]([C@@H](OCCNC(=O)OC)c2nc(C)cs2)C1. The number of rotatable bonds is 11. The smallest absolute Gasteiger partial charge is 0.406 e. The van der Waals surface area contributed by atoms with E-state index in [-0.39, 0.29) is 24.1 Å². The van der Waals surface area contributed by atoms with Crippen molar-refractivity contribution in [2.24, 2.45) is 11.8 Å². The first-order chi connectivity index (χ1) is 17.0. The summed E-state index contributed by atoms with van der Waals surface area (Å²) in [6.07, 6.45) is 8.78. The van der Waals surface area contributed by atoms with Gasteiger partial charge in [0.1, 0.15) is 11.1 Å². The number of hydrogen-bond acceptors (Lipinski definition) is 7. The molecule has 0 bridgehead atoms. The van der Waals surface area contributed by atoms with Gasteiger partial charge < -0.3 is 30.3 Å². The number of carbonyl (C=O) groups excluding carboxylic acids is 2. The lowest BCUT2D eigenvalue weighted by Gasteiger charge is -2.37. The zero-order valence-electron chi connectivity index (χ0n) is 21.5. The van der Waals surface area contributed by atoms with Crippen LogP contribution in [0, 0.1) is 18.8 Å². The Morgan fingerprint density at radius 2 is 2.03 bits per heavy atom. The Morgan fingerprint density at radius 3 is 2.71 bits per heavy atom. The Kier molecular flexibility index (Phi) is 11.5. The highest BCUT2D eigenvalue weighted by atomic mass is 32.1. The van der Waals surface area contributed by atoms with Gasteiger partial charge in [0, 0.05) is 49.2 Å². The maximum absolute atomic E-state index is 13.3. The van der Waals surface area contributed by atoms with Gasteiger partial charge >= 0.3 is 12.1 Å². The molecule has 1 aliphatic carbocycles. The van der Waals surface area contributed by atoms with Crippen LogP contribution in [0.25, 0.3) is 0 Å². The second-order valence-electron chi connectivity index (χ2n) is 9.83. The molecule has 198 valence electrons. The summed E-state index contributed by atoms with van der Waals surface area (Å²) in [5.74, 6) is 0.861. The minimum atomic E-state index is -0.472. The molecule has 0 spiro atoms. The van der Waals surface area contributed by atoms with Crippen LogP contribution >= 0.6 is 11.3 Å². The van der Waals surface area contributed by atoms with Crippen molar-refractivity contribution in [3.63, 3.8) is 0 Å². The van der Waals surface area contributed by atoms with Crippen LogP contribution in [-0.2, 0) is 9.47 Å². The predicted octanol–water partition coefficient (Wildman–Crippen LogP) is 3.85. The molecule has 2 aliphatic rings. The minimum absolute atomic E-state index is 0.0205. The monoisotopic (exact) mass is 509 g/mol. The molecule has 9 nitrogen and oxygen atoms in total. The van der Waals surface area contributed by atoms with E-state index in [1.54, 1.807) is 11.3 Å². The molecule has 1 aromatic heterocycles. The Hall–Kier alpha value is -1.91. The standard InChI is InChI=1S/C25H43N5O4S/c1-18-17-35-23(28-18)22(34-13-11-27-25(32)33-3)20-10-7-12-30(16-20)24(31)29-21(15-26-2)14-19-8-5-4-6-9-19/h17,19-22,26H,4-16H2,1-3H3,(H,27,32)(H,29,31)/t20-,21+,22-/m1/s1. The summed E-state index contributed by atoms with van der Waals surface area (Å²) in [7, 11) is 3.29. The Morgan fingerprint density at radius 1 is 1.23 bits per heavy atom. The largest absolute Gasteiger partial charge is 0.453 e. The van der Waals surface area contributed by atoms with Gasteiger partial charge in [-0.1, -0.05) is 32.1 Å². The summed E-state index contributed by atoms with van der Waals surface area (Å²) in [6, 6.07) is 0.168. The van der Waals surface area contributed by atoms with Gasteiger partial charge in [-0.25, -0.2) is 14.6 Å². The molecule has 0 aromatic carbocycles. The maximum Gasteiger partial charge on any atom is 0.406 e. The van der Waals surface area contributed by atoms with Gasteiger partial charge in [-0.3, -0.25) is 0 Å². The highest BCUT2D eigenvalue weighted by Crippen LogP contribution is 2.34. The van der Waals surface area contributed by atoms with Gasteiger partial charge in [0.15, 0.2) is 0 Å². The van der Waals surface area contributed by atoms with Gasteiger partial charge in [-0.2, -0.15) is 0 Å². The number of likely N-dealkylation sites (tertiary alicyclic amines) is 1. The van der Waals surface area contributed by atoms with Crippen molar-refractivity contribution in [3.05, 3.63) is 16.1 Å². The second-order valence-corrected chi connectivity index (χ2v) is 10.7. The number of ether oxygens (including phenoxy) is 2. The van der Waals surface area contributed by atoms with Crippen molar-refractivity contribution in [1.29, 1.82) is 0 Å². The molecule has 3 rings (SSSR count). The Balaban J connectivity index is 1.58. The third kappa shape index (κ3) is 8.91. The van der Waals surface area contributed by atoms with E-state index in [1.165, 1.54) is 39.2 Å². The van der Waals surface area contributed by atoms with Gasteiger partial charge in [0.2, 0.25) is 0 Å². The molecule has 1 saturated heterocycles. The quantitative estimate of drug-likeness (QED) is 0.392. The first kappa shape index (κ1) is 27.7. The van der Waals surface area contributed by atoms with Crippen molar-refractivity contribution in [1.82, 2.24) is 25.8 Å². The lowest BCUT2D eigenvalue weighted by atomic mass is 9.85. The number of amides is 3. The van der Waals surface area contributed by atoms with Crippen molar-refractivity contribution in [2.75, 3.05) is 46.9 Å². The number of methoxy groups -OCH3 is 1. The highest BCUT2D eigenvalue weighted by molar-refractivity contribution is 7.09. The lowest BCUT2D eigenvalue weighted by molar-refractivity contribution is -0.00881. The first-order valence-electron chi connectivity index (χ1n) is 13.1. The predicted molar refractivity (Wildman–Crippen MR) is 138 cm³/mol. The number of piperidine rings is 1. The number of carbonyl (C=O) groups is 2. The summed E-state index contributed by atoms with van der Waals surface area (Å²) in [6.45, 7) is 4.87. The Bertz CT molecular complexity index is 786. The highest BCUT2D eigenvalue weighted by Gasteiger charge is 2.33. The van der Waals surface area contributed by atoms with E-state index in [4.69, 9.17) is 4.74 Å². The number of aryl methyl sites for hydroxylation is 1. The van der Waals surface area contributed by atoms with Crippen molar-refractivity contribution in [2.45, 2.75) is 70.4 Å². The molecule has 1 saturated carbocycles. The fourth-order valence-electron chi connectivity index (χ4n) is 5.30. The lowest BCUT2D eigenvalue weighted by Crippen LogP contribution is -2.52. The average molecular weight is 510 g/mol. The topological polar surface area (TPSA) is 105 Å². The molecule has 10 heteroatoms. The molecule has 3 amide bonds. The fourth-order valence-corrected chi connectivity index (χ4v) is 6.23. The number of thiazole rings is 1. The van der Waals surface area contributed by atoms with Gasteiger partial charge in [0.05, 0.1) is 13.7 Å². The normalized spacial score (nSPS) is 20.8. The number of likely N-dealkylation sites (N-methyl/N-ethyl adjacent to an activating group) is 1. The summed E-state index contributed by atoms with van der Waals surface area (Å²) in [5.41, 5.74) is 0.967. The Labute approximate surface area is 213 Å². The molecule has 1 aromatic rings. The van der Waals surface area contributed by atoms with Crippen LogP contribution < -0.4 is 16.0 Å². The van der Waals surface area contributed by atoms with E-state index in [1.807, 2.05) is 24.3 Å². The van der Waals surface area contributed by atoms with Gasteiger partial charge in [0.25, 0.3) is 0 Å². The third-order valence-electron chi connectivity index (χ3n) is 7.03. The number of nitrogens with one attached hydrogen (secondary N) is 3. The van der Waals surface area contributed by atoms with Crippen molar-refractivity contribution < 1.29 is 19.1 Å². The fraction of sp³-hybridized carbons (Fsp3) is 0.800. The number of urea groups is 1. The van der Waals surface area contributed by atoms with E-state index >= 15 is 0 Å². The van der Waals surface area contributed by atoms with E-state index in [9.17, 15) is 9.59 Å². The summed E-state index contributed by atoms with van der Waals surface area (Å²) in [5, 5.41) is 12.2. The molecule has 0 unspecified atom stereocenters. The van der Waals surface area contributed by atoms with E-state index < -0.39 is 6.09 Å². The van der Waals surface area contributed by atoms with Crippen LogP contribution in [0.2, 0.25) is 0 Å². The van der Waals surface area contributed by atoms with Crippen LogP contribution in [0.1, 0.15) is 68.2 Å². The summed E-state index contributed by atoms with van der Waals surface area (Å²) >= 11 is 1.59. The molecule has 2 heterocycles. The number of hydrogen-bond donors (Lipinski definition) is 3. The first-order valence-corrected chi connectivity index (χ1v) is 13.9. The van der Waals surface area contributed by atoms with E-state index in [2.05, 4.69) is 25.7 Å². The third-order valence-corrected chi connectivity index (χ3v) is 8.05. The second kappa shape index (κ2) is 14.6. The molecule has 0 radical (unpaired) electrons. The van der Waals surface area contributed by atoms with Crippen LogP contribution in [-0.4, -0.2) is 75.0 Å². The van der Waals surface area contributed by atoms with Gasteiger partial charge in [-0.05, 0) is 39.2 Å². The molecule has 2 fully saturated rings. The van der Waals surface area contributed by atoms with Crippen molar-refractivity contribution >= 4 is 23.5 Å². The number of alkyl carbamates (subject to hydrolysis) is 1. The molecular weight excluding hydrogens is 466 g/mol. The van der Waals surface area contributed by atoms with Crippen LogP contribution in [0.5, 0.6) is 0 Å². The van der Waals surface area contributed by atoms with Crippen LogP contribution in [0.3, 0.4) is 0 Å². The maximum atomic E-state index is 13.3. The zero-order chi connectivity index (χ0) is 25.0. The molecule has 1 aliphatic heterocycles. The average Bonchev–Trinajstić information content (AvgIpc) is 3.30. The molecule has 35 heavy (non-hydrogen) atoms.